The van der Waals surface area contributed by atoms with Crippen molar-refractivity contribution >= 4 is 13.8 Å². The van der Waals surface area contributed by atoms with Crippen molar-refractivity contribution in [2.45, 2.75) is 6.92 Å². The van der Waals surface area contributed by atoms with Crippen molar-refractivity contribution in [3.63, 3.8) is 0 Å². The fraction of sp³-hybridized carbons (Fsp3) is 0.500. The van der Waals surface area contributed by atoms with E-state index in [-0.39, 0.29) is 80.9 Å². The number of hydrogen-bond acceptors (Lipinski definition) is 5. The van der Waals surface area contributed by atoms with Crippen molar-refractivity contribution in [3.8, 4) is 0 Å². The van der Waals surface area contributed by atoms with Gasteiger partial charge in [0, 0.05) is 6.92 Å². The summed E-state index contributed by atoms with van der Waals surface area (Å²) in [4.78, 5) is 28.6. The fourth-order valence-corrected chi connectivity index (χ4v) is 0.472. The second kappa shape index (κ2) is 7.88. The molecule has 0 aromatic carbocycles. The smallest absolute Gasteiger partial charge is 0.780 e. The van der Waals surface area contributed by atoms with Crippen LogP contribution in [-0.2, 0) is 13.9 Å². The van der Waals surface area contributed by atoms with E-state index in [1.807, 2.05) is 0 Å². The average Bonchev–Trinajstić information content (AvgIpc) is 1.21. The summed E-state index contributed by atoms with van der Waals surface area (Å²) in [5, 5.41) is 0. The Labute approximate surface area is 123 Å². The zero-order chi connectivity index (χ0) is 6.78. The fourth-order valence-electron chi connectivity index (χ4n) is 0.157. The molecule has 0 bridgehead atoms. The Morgan fingerprint density at radius 3 is 1.80 bits per heavy atom. The molecule has 0 N–H and O–H groups in total. The van der Waals surface area contributed by atoms with Gasteiger partial charge in [0.05, 0.1) is 0 Å². The Bertz CT molecular complexity index is 143. The number of rotatable bonds is 1. The van der Waals surface area contributed by atoms with Crippen LogP contribution in [0, 0.1) is 0 Å². The van der Waals surface area contributed by atoms with Crippen LogP contribution in [0.25, 0.3) is 0 Å². The first-order chi connectivity index (χ1) is 3.42. The van der Waals surface area contributed by atoms with Crippen LogP contribution in [-0.4, -0.2) is 5.97 Å². The van der Waals surface area contributed by atoms with Crippen molar-refractivity contribution in [3.05, 3.63) is 0 Å². The first-order valence-corrected chi connectivity index (χ1v) is 3.10. The standard InChI is InChI=1S/C2H5O5P.K.Na/c1-2(3)7-8(4,5)6;;/h1H3,(H2,4,5,6);;/q;2*+1/p-2. The molecule has 0 aromatic heterocycles. The van der Waals surface area contributed by atoms with Crippen LogP contribution < -0.4 is 90.7 Å². The van der Waals surface area contributed by atoms with Gasteiger partial charge in [0.1, 0.15) is 7.82 Å². The Morgan fingerprint density at radius 1 is 1.50 bits per heavy atom. The molecule has 0 saturated carbocycles. The summed E-state index contributed by atoms with van der Waals surface area (Å²) in [6.45, 7) is 0.836. The number of phosphoric ester groups is 1. The van der Waals surface area contributed by atoms with Crippen molar-refractivity contribution in [2.75, 3.05) is 0 Å². The first-order valence-electron chi connectivity index (χ1n) is 1.64. The minimum atomic E-state index is -5.07. The van der Waals surface area contributed by atoms with Gasteiger partial charge in [0.25, 0.3) is 0 Å². The van der Waals surface area contributed by atoms with E-state index in [1.165, 1.54) is 0 Å². The molecule has 0 atom stereocenters. The van der Waals surface area contributed by atoms with E-state index in [0.29, 0.717) is 0 Å². The van der Waals surface area contributed by atoms with Crippen LogP contribution in [0.2, 0.25) is 0 Å². The van der Waals surface area contributed by atoms with Gasteiger partial charge in [-0.1, -0.05) is 0 Å². The van der Waals surface area contributed by atoms with Gasteiger partial charge in [0.2, 0.25) is 0 Å². The molecule has 10 heavy (non-hydrogen) atoms. The van der Waals surface area contributed by atoms with Crippen LogP contribution in [0.15, 0.2) is 0 Å². The minimum Gasteiger partial charge on any atom is -0.780 e. The molecule has 0 aliphatic heterocycles. The Hall–Kier alpha value is 2.26. The largest absolute Gasteiger partial charge is 1.00 e. The molecule has 0 aliphatic rings. The van der Waals surface area contributed by atoms with Crippen LogP contribution in [0.5, 0.6) is 0 Å². The summed E-state index contributed by atoms with van der Waals surface area (Å²) in [6, 6.07) is 0. The van der Waals surface area contributed by atoms with E-state index in [4.69, 9.17) is 0 Å². The molecule has 5 nitrogen and oxygen atoms in total. The van der Waals surface area contributed by atoms with Crippen LogP contribution in [0.3, 0.4) is 0 Å². The topological polar surface area (TPSA) is 89.5 Å². The summed E-state index contributed by atoms with van der Waals surface area (Å²) >= 11 is 0. The van der Waals surface area contributed by atoms with Crippen LogP contribution >= 0.6 is 7.82 Å². The molecule has 0 unspecified atom stereocenters. The molecule has 48 valence electrons. The third-order valence-corrected chi connectivity index (χ3v) is 0.721. The quantitative estimate of drug-likeness (QED) is 0.310. The molecule has 8 heteroatoms. The van der Waals surface area contributed by atoms with Crippen molar-refractivity contribution in [1.29, 1.82) is 0 Å². The summed E-state index contributed by atoms with van der Waals surface area (Å²) in [5.74, 6) is -1.11. The number of carbonyl (C=O) groups excluding carboxylic acids is 1. The molecule has 0 spiro atoms. The summed E-state index contributed by atoms with van der Waals surface area (Å²) in [7, 11) is -5.07. The minimum absolute atomic E-state index is 0. The maximum atomic E-state index is 9.66. The number of phosphoric acid groups is 1. The van der Waals surface area contributed by atoms with E-state index < -0.39 is 13.8 Å². The Morgan fingerprint density at radius 2 is 1.80 bits per heavy atom. The molecule has 0 amide bonds. The molecule has 0 aromatic rings. The van der Waals surface area contributed by atoms with Gasteiger partial charge in [-0.15, -0.1) is 0 Å². The molecular formula is C2H3KNaO5P. The molecule has 0 saturated heterocycles. The number of carbonyl (C=O) groups is 1. The zero-order valence-corrected chi connectivity index (χ0v) is 12.0. The van der Waals surface area contributed by atoms with Gasteiger partial charge in [0.15, 0.2) is 0 Å². The average molecular weight is 200 g/mol. The van der Waals surface area contributed by atoms with Gasteiger partial charge < -0.3 is 18.9 Å². The Kier molecular flexibility index (Phi) is 14.3. The van der Waals surface area contributed by atoms with Gasteiger partial charge in [-0.3, -0.25) is 4.79 Å². The van der Waals surface area contributed by atoms with Crippen LogP contribution in [0.1, 0.15) is 6.92 Å². The van der Waals surface area contributed by atoms with Gasteiger partial charge in [-0.05, 0) is 0 Å². The van der Waals surface area contributed by atoms with Gasteiger partial charge in [-0.25, -0.2) is 0 Å². The predicted octanol–water partition coefficient (Wildman–Crippen LogP) is -7.61. The van der Waals surface area contributed by atoms with E-state index in [0.717, 1.165) is 6.92 Å². The van der Waals surface area contributed by atoms with Crippen molar-refractivity contribution in [1.82, 2.24) is 0 Å². The predicted molar refractivity (Wildman–Crippen MR) is 19.4 cm³/mol. The molecule has 0 heterocycles. The van der Waals surface area contributed by atoms with E-state index in [9.17, 15) is 19.1 Å². The summed E-state index contributed by atoms with van der Waals surface area (Å²) in [6.07, 6.45) is 0. The monoisotopic (exact) mass is 200 g/mol. The van der Waals surface area contributed by atoms with E-state index in [2.05, 4.69) is 4.52 Å². The van der Waals surface area contributed by atoms with E-state index >= 15 is 0 Å². The maximum Gasteiger partial charge on any atom is 1.00 e. The number of hydrogen-bond donors (Lipinski definition) is 0. The van der Waals surface area contributed by atoms with Crippen LogP contribution in [0.4, 0.5) is 0 Å². The summed E-state index contributed by atoms with van der Waals surface area (Å²) < 4.78 is 12.7. The van der Waals surface area contributed by atoms with Gasteiger partial charge in [-0.2, -0.15) is 0 Å². The summed E-state index contributed by atoms with van der Waals surface area (Å²) in [5.41, 5.74) is 0. The van der Waals surface area contributed by atoms with E-state index in [1.54, 1.807) is 0 Å². The maximum absolute atomic E-state index is 9.66. The molecule has 0 radical (unpaired) electrons. The van der Waals surface area contributed by atoms with Gasteiger partial charge >= 0.3 is 86.9 Å². The van der Waals surface area contributed by atoms with Crippen molar-refractivity contribution in [2.24, 2.45) is 0 Å². The molecule has 0 fully saturated rings. The Balaban J connectivity index is -0.000000245. The van der Waals surface area contributed by atoms with Crippen molar-refractivity contribution < 1.29 is 105 Å². The first kappa shape index (κ1) is 18.1. The third kappa shape index (κ3) is 16.7. The molecular weight excluding hydrogens is 197 g/mol. The second-order valence-electron chi connectivity index (χ2n) is 1.03. The SMILES string of the molecule is CC(=O)OP(=O)([O-])[O-].[K+].[Na+]. The zero-order valence-electron chi connectivity index (χ0n) is 5.99. The molecule has 0 rings (SSSR count). The third-order valence-electron chi connectivity index (χ3n) is 0.240. The second-order valence-corrected chi connectivity index (χ2v) is 2.11. The normalized spacial score (nSPS) is 8.70. The molecule has 0 aliphatic carbocycles.